The molecule has 0 aliphatic carbocycles. The second-order valence-electron chi connectivity index (χ2n) is 7.32. The number of hydrogen-bond donors (Lipinski definition) is 0. The van der Waals surface area contributed by atoms with Crippen LogP contribution in [0, 0.1) is 0 Å². The number of ether oxygens (including phenoxy) is 1. The lowest BCUT2D eigenvalue weighted by Gasteiger charge is -2.33. The second-order valence-corrected chi connectivity index (χ2v) is 11.7. The Labute approximate surface area is 112 Å². The first-order valence-corrected chi connectivity index (χ1v) is 9.99. The van der Waals surface area contributed by atoms with Crippen molar-refractivity contribution in [3.63, 3.8) is 0 Å². The third-order valence-electron chi connectivity index (χ3n) is 2.64. The summed E-state index contributed by atoms with van der Waals surface area (Å²) < 4.78 is 11.6. The average molecular weight is 273 g/mol. The fourth-order valence-corrected chi connectivity index (χ4v) is 3.88. The van der Waals surface area contributed by atoms with Gasteiger partial charge in [0.1, 0.15) is 5.60 Å². The van der Waals surface area contributed by atoms with Crippen molar-refractivity contribution < 1.29 is 14.0 Å². The van der Waals surface area contributed by atoms with Crippen molar-refractivity contribution in [2.24, 2.45) is 0 Å². The number of hydrogen-bond acceptors (Lipinski definition) is 3. The number of amides is 1. The van der Waals surface area contributed by atoms with E-state index in [0.29, 0.717) is 6.54 Å². The van der Waals surface area contributed by atoms with Gasteiger partial charge in [0.15, 0.2) is 8.32 Å². The topological polar surface area (TPSA) is 38.8 Å². The minimum Gasteiger partial charge on any atom is -0.444 e. The maximum atomic E-state index is 12.0. The molecule has 0 saturated carbocycles. The highest BCUT2D eigenvalue weighted by Crippen LogP contribution is 2.29. The van der Waals surface area contributed by atoms with Gasteiger partial charge in [-0.25, -0.2) is 4.79 Å². The van der Waals surface area contributed by atoms with E-state index in [0.717, 1.165) is 13.0 Å². The molecule has 0 spiro atoms. The third kappa shape index (κ3) is 4.98. The Morgan fingerprint density at radius 3 is 2.28 bits per heavy atom. The summed E-state index contributed by atoms with van der Waals surface area (Å²) in [5.74, 6) is 0. The van der Waals surface area contributed by atoms with Crippen LogP contribution in [0.3, 0.4) is 0 Å². The number of likely N-dealkylation sites (tertiary alicyclic amines) is 1. The first-order chi connectivity index (χ1) is 7.90. The fourth-order valence-electron chi connectivity index (χ4n) is 2.24. The highest BCUT2D eigenvalue weighted by atomic mass is 28.4. The van der Waals surface area contributed by atoms with Crippen LogP contribution in [-0.4, -0.2) is 43.6 Å². The van der Waals surface area contributed by atoms with Crippen LogP contribution in [0.1, 0.15) is 34.1 Å². The molecule has 0 N–H and O–H groups in total. The van der Waals surface area contributed by atoms with Gasteiger partial charge < -0.3 is 14.1 Å². The van der Waals surface area contributed by atoms with Crippen molar-refractivity contribution in [1.82, 2.24) is 4.90 Å². The second kappa shape index (κ2) is 4.85. The van der Waals surface area contributed by atoms with Crippen molar-refractivity contribution in [1.29, 1.82) is 0 Å². The Bertz CT molecular complexity index is 319. The van der Waals surface area contributed by atoms with Gasteiger partial charge in [-0.05, 0) is 53.8 Å². The molecular weight excluding hydrogens is 246 g/mol. The summed E-state index contributed by atoms with van der Waals surface area (Å²) in [5.41, 5.74) is -0.642. The molecule has 1 saturated heterocycles. The van der Waals surface area contributed by atoms with E-state index in [1.54, 1.807) is 4.90 Å². The number of rotatable bonds is 2. The molecule has 0 aromatic heterocycles. The lowest BCUT2D eigenvalue weighted by molar-refractivity contribution is 0.0220. The van der Waals surface area contributed by atoms with Gasteiger partial charge in [-0.1, -0.05) is 0 Å². The van der Waals surface area contributed by atoms with E-state index in [4.69, 9.17) is 9.16 Å². The predicted octanol–water partition coefficient (Wildman–Crippen LogP) is 3.24. The fraction of sp³-hybridized carbons (Fsp3) is 0.923. The molecule has 1 rings (SSSR count). The van der Waals surface area contributed by atoms with E-state index in [2.05, 4.69) is 26.6 Å². The molecule has 4 nitrogen and oxygen atoms in total. The molecule has 1 unspecified atom stereocenters. The van der Waals surface area contributed by atoms with Crippen LogP contribution in [0.2, 0.25) is 19.6 Å². The average Bonchev–Trinajstić information content (AvgIpc) is 2.40. The summed E-state index contributed by atoms with van der Waals surface area (Å²) in [7, 11) is -1.58. The highest BCUT2D eigenvalue weighted by Gasteiger charge is 2.41. The Hall–Kier alpha value is -0.553. The molecule has 0 aromatic rings. The molecular formula is C13H27NO3Si. The zero-order valence-corrected chi connectivity index (χ0v) is 13.8. The Balaban J connectivity index is 2.58. The molecule has 1 heterocycles. The van der Waals surface area contributed by atoms with Gasteiger partial charge in [0.05, 0.1) is 12.1 Å². The summed E-state index contributed by atoms with van der Waals surface area (Å²) in [6, 6.07) is 0. The van der Waals surface area contributed by atoms with Crippen molar-refractivity contribution in [3.8, 4) is 0 Å². The van der Waals surface area contributed by atoms with Crippen molar-refractivity contribution >= 4 is 14.4 Å². The highest BCUT2D eigenvalue weighted by molar-refractivity contribution is 6.69. The molecule has 106 valence electrons. The van der Waals surface area contributed by atoms with Crippen LogP contribution in [0.15, 0.2) is 0 Å². The lowest BCUT2D eigenvalue weighted by atomic mass is 10.1. The van der Waals surface area contributed by atoms with Gasteiger partial charge in [-0.3, -0.25) is 0 Å². The molecule has 5 heteroatoms. The molecule has 0 radical (unpaired) electrons. The van der Waals surface area contributed by atoms with Crippen molar-refractivity contribution in [2.75, 3.05) is 13.1 Å². The number of carbonyl (C=O) groups excluding carboxylic acids is 1. The van der Waals surface area contributed by atoms with Gasteiger partial charge in [0, 0.05) is 6.54 Å². The van der Waals surface area contributed by atoms with Crippen LogP contribution in [0.5, 0.6) is 0 Å². The minimum absolute atomic E-state index is 0.207. The van der Waals surface area contributed by atoms with E-state index in [1.165, 1.54) is 0 Å². The van der Waals surface area contributed by atoms with Crippen molar-refractivity contribution in [2.45, 2.75) is 65.0 Å². The molecule has 1 aliphatic heterocycles. The monoisotopic (exact) mass is 273 g/mol. The Morgan fingerprint density at radius 1 is 1.28 bits per heavy atom. The normalized spacial score (nSPS) is 25.4. The van der Waals surface area contributed by atoms with Gasteiger partial charge in [-0.2, -0.15) is 0 Å². The van der Waals surface area contributed by atoms with Gasteiger partial charge >= 0.3 is 6.09 Å². The summed E-state index contributed by atoms with van der Waals surface area (Å²) in [5, 5.41) is 0. The van der Waals surface area contributed by atoms with E-state index in [1.807, 2.05) is 20.8 Å². The third-order valence-corrected chi connectivity index (χ3v) is 3.75. The Morgan fingerprint density at radius 2 is 1.83 bits per heavy atom. The lowest BCUT2D eigenvalue weighted by Crippen LogP contribution is -2.44. The van der Waals surface area contributed by atoms with Crippen LogP contribution in [0.4, 0.5) is 4.79 Å². The first-order valence-electron chi connectivity index (χ1n) is 6.58. The summed E-state index contributed by atoms with van der Waals surface area (Å²) in [6.07, 6.45) is 0.654. The van der Waals surface area contributed by atoms with Crippen LogP contribution < -0.4 is 0 Å². The molecule has 1 amide bonds. The van der Waals surface area contributed by atoms with E-state index in [9.17, 15) is 4.79 Å². The van der Waals surface area contributed by atoms with E-state index in [-0.39, 0.29) is 11.7 Å². The molecule has 1 fully saturated rings. The molecule has 18 heavy (non-hydrogen) atoms. The predicted molar refractivity (Wildman–Crippen MR) is 75.3 cm³/mol. The zero-order chi connectivity index (χ0) is 14.2. The molecule has 1 atom stereocenters. The quantitative estimate of drug-likeness (QED) is 0.725. The SMILES string of the molecule is CC(C)(C)OC(=O)N1CCC(C)(O[Si](C)(C)C)C1. The Kier molecular flexibility index (Phi) is 4.18. The maximum Gasteiger partial charge on any atom is 0.410 e. The van der Waals surface area contributed by atoms with Gasteiger partial charge in [0.25, 0.3) is 0 Å². The largest absolute Gasteiger partial charge is 0.444 e. The summed E-state index contributed by atoms with van der Waals surface area (Å²) in [4.78, 5) is 13.7. The van der Waals surface area contributed by atoms with Crippen LogP contribution >= 0.6 is 0 Å². The maximum absolute atomic E-state index is 12.0. The summed E-state index contributed by atoms with van der Waals surface area (Å²) in [6.45, 7) is 15.6. The number of nitrogens with zero attached hydrogens (tertiary/aromatic N) is 1. The molecule has 0 aromatic carbocycles. The van der Waals surface area contributed by atoms with Crippen molar-refractivity contribution in [3.05, 3.63) is 0 Å². The minimum atomic E-state index is -1.58. The van der Waals surface area contributed by atoms with Gasteiger partial charge in [-0.15, -0.1) is 0 Å². The number of carbonyl (C=O) groups is 1. The molecule has 0 bridgehead atoms. The van der Waals surface area contributed by atoms with Crippen LogP contribution in [0.25, 0.3) is 0 Å². The van der Waals surface area contributed by atoms with E-state index < -0.39 is 13.9 Å². The zero-order valence-electron chi connectivity index (χ0n) is 12.8. The van der Waals surface area contributed by atoms with Crippen LogP contribution in [-0.2, 0) is 9.16 Å². The molecule has 1 aliphatic rings. The van der Waals surface area contributed by atoms with E-state index >= 15 is 0 Å². The smallest absolute Gasteiger partial charge is 0.410 e. The standard InChI is InChI=1S/C13H27NO3Si/c1-12(2,3)16-11(15)14-9-8-13(4,10-14)17-18(5,6)7/h8-10H2,1-7H3. The first kappa shape index (κ1) is 15.5. The van der Waals surface area contributed by atoms with Gasteiger partial charge in [0.2, 0.25) is 0 Å². The summed E-state index contributed by atoms with van der Waals surface area (Å²) >= 11 is 0.